The molecular formula is C12H24N2O2. The predicted molar refractivity (Wildman–Crippen MR) is 64.3 cm³/mol. The van der Waals surface area contributed by atoms with Crippen molar-refractivity contribution in [1.82, 2.24) is 10.2 Å². The first kappa shape index (κ1) is 13.5. The van der Waals surface area contributed by atoms with Crippen molar-refractivity contribution in [3.63, 3.8) is 0 Å². The molecule has 1 fully saturated rings. The molecule has 1 aliphatic rings. The number of nitrogens with one attached hydrogen (secondary N) is 1. The number of nitrogens with zero attached hydrogens (tertiary/aromatic N) is 1. The largest absolute Gasteiger partial charge is 0.383 e. The van der Waals surface area contributed by atoms with Gasteiger partial charge in [-0.1, -0.05) is 6.92 Å². The van der Waals surface area contributed by atoms with E-state index in [1.165, 1.54) is 12.8 Å². The SMILES string of the molecule is COCC(C)NC(=O)CN1CCCC(C)C1. The minimum absolute atomic E-state index is 0.0970. The van der Waals surface area contributed by atoms with Crippen LogP contribution in [-0.2, 0) is 9.53 Å². The van der Waals surface area contributed by atoms with Gasteiger partial charge in [-0.25, -0.2) is 0 Å². The monoisotopic (exact) mass is 228 g/mol. The van der Waals surface area contributed by atoms with E-state index in [2.05, 4.69) is 17.1 Å². The van der Waals surface area contributed by atoms with Crippen LogP contribution in [0.5, 0.6) is 0 Å². The highest BCUT2D eigenvalue weighted by molar-refractivity contribution is 5.78. The number of carbonyl (C=O) groups is 1. The molecule has 0 saturated carbocycles. The number of piperidine rings is 1. The van der Waals surface area contributed by atoms with E-state index in [0.717, 1.165) is 19.0 Å². The first-order valence-corrected chi connectivity index (χ1v) is 6.12. The fourth-order valence-corrected chi connectivity index (χ4v) is 2.25. The molecule has 0 aromatic heterocycles. The van der Waals surface area contributed by atoms with Crippen molar-refractivity contribution in [2.75, 3.05) is 33.4 Å². The molecule has 94 valence electrons. The van der Waals surface area contributed by atoms with Crippen molar-refractivity contribution in [2.45, 2.75) is 32.7 Å². The molecule has 1 aliphatic heterocycles. The summed E-state index contributed by atoms with van der Waals surface area (Å²) in [5, 5.41) is 2.94. The fraction of sp³-hybridized carbons (Fsp3) is 0.917. The van der Waals surface area contributed by atoms with E-state index in [0.29, 0.717) is 13.2 Å². The van der Waals surface area contributed by atoms with E-state index in [-0.39, 0.29) is 11.9 Å². The lowest BCUT2D eigenvalue weighted by Gasteiger charge is -2.30. The molecule has 2 atom stereocenters. The number of methoxy groups -OCH3 is 1. The van der Waals surface area contributed by atoms with Crippen LogP contribution >= 0.6 is 0 Å². The summed E-state index contributed by atoms with van der Waals surface area (Å²) in [7, 11) is 1.65. The Kier molecular flexibility index (Phi) is 5.77. The maximum atomic E-state index is 11.7. The first-order chi connectivity index (χ1) is 7.61. The molecule has 0 bridgehead atoms. The van der Waals surface area contributed by atoms with Crippen LogP contribution in [0.25, 0.3) is 0 Å². The lowest BCUT2D eigenvalue weighted by atomic mass is 10.0. The Balaban J connectivity index is 2.22. The van der Waals surface area contributed by atoms with Gasteiger partial charge in [0, 0.05) is 19.7 Å². The third-order valence-corrected chi connectivity index (χ3v) is 2.93. The lowest BCUT2D eigenvalue weighted by Crippen LogP contribution is -2.45. The van der Waals surface area contributed by atoms with Gasteiger partial charge in [0.25, 0.3) is 0 Å². The van der Waals surface area contributed by atoms with Crippen LogP contribution in [0.4, 0.5) is 0 Å². The van der Waals surface area contributed by atoms with Crippen LogP contribution in [0, 0.1) is 5.92 Å². The highest BCUT2D eigenvalue weighted by Gasteiger charge is 2.18. The Bertz CT molecular complexity index is 221. The molecular weight excluding hydrogens is 204 g/mol. The topological polar surface area (TPSA) is 41.6 Å². The Morgan fingerprint density at radius 2 is 2.38 bits per heavy atom. The molecule has 4 heteroatoms. The minimum atomic E-state index is 0.0970. The van der Waals surface area contributed by atoms with Gasteiger partial charge in [0.05, 0.1) is 13.2 Å². The summed E-state index contributed by atoms with van der Waals surface area (Å²) in [5.41, 5.74) is 0. The number of likely N-dealkylation sites (tertiary alicyclic amines) is 1. The second-order valence-electron chi connectivity index (χ2n) is 4.91. The molecule has 1 N–H and O–H groups in total. The molecule has 0 aliphatic carbocycles. The van der Waals surface area contributed by atoms with Crippen molar-refractivity contribution in [1.29, 1.82) is 0 Å². The lowest BCUT2D eigenvalue weighted by molar-refractivity contribution is -0.123. The Morgan fingerprint density at radius 1 is 1.62 bits per heavy atom. The average Bonchev–Trinajstić information content (AvgIpc) is 2.17. The second kappa shape index (κ2) is 6.86. The number of rotatable bonds is 5. The van der Waals surface area contributed by atoms with Gasteiger partial charge in [-0.05, 0) is 32.2 Å². The van der Waals surface area contributed by atoms with E-state index in [1.807, 2.05) is 6.92 Å². The van der Waals surface area contributed by atoms with Crippen LogP contribution in [-0.4, -0.2) is 50.2 Å². The zero-order valence-corrected chi connectivity index (χ0v) is 10.7. The van der Waals surface area contributed by atoms with Gasteiger partial charge in [-0.2, -0.15) is 0 Å². The van der Waals surface area contributed by atoms with Crippen LogP contribution in [0.15, 0.2) is 0 Å². The smallest absolute Gasteiger partial charge is 0.234 e. The quantitative estimate of drug-likeness (QED) is 0.759. The number of ether oxygens (including phenoxy) is 1. The Morgan fingerprint density at radius 3 is 3.00 bits per heavy atom. The molecule has 1 rings (SSSR count). The number of carbonyl (C=O) groups excluding carboxylic acids is 1. The van der Waals surface area contributed by atoms with E-state index < -0.39 is 0 Å². The van der Waals surface area contributed by atoms with Gasteiger partial charge < -0.3 is 10.1 Å². The highest BCUT2D eigenvalue weighted by atomic mass is 16.5. The number of hydrogen-bond donors (Lipinski definition) is 1. The highest BCUT2D eigenvalue weighted by Crippen LogP contribution is 2.14. The molecule has 1 amide bonds. The summed E-state index contributed by atoms with van der Waals surface area (Å²) < 4.78 is 4.98. The van der Waals surface area contributed by atoms with Crippen LogP contribution in [0.3, 0.4) is 0 Å². The summed E-state index contributed by atoms with van der Waals surface area (Å²) >= 11 is 0. The van der Waals surface area contributed by atoms with Gasteiger partial charge in [0.2, 0.25) is 5.91 Å². The summed E-state index contributed by atoms with van der Waals surface area (Å²) in [6.45, 7) is 7.40. The molecule has 16 heavy (non-hydrogen) atoms. The van der Waals surface area contributed by atoms with E-state index >= 15 is 0 Å². The fourth-order valence-electron chi connectivity index (χ4n) is 2.25. The van der Waals surface area contributed by atoms with Crippen molar-refractivity contribution in [3.05, 3.63) is 0 Å². The molecule has 4 nitrogen and oxygen atoms in total. The third-order valence-electron chi connectivity index (χ3n) is 2.93. The van der Waals surface area contributed by atoms with Crippen LogP contribution in [0.1, 0.15) is 26.7 Å². The normalized spacial score (nSPS) is 24.1. The van der Waals surface area contributed by atoms with Gasteiger partial charge >= 0.3 is 0 Å². The van der Waals surface area contributed by atoms with Crippen molar-refractivity contribution >= 4 is 5.91 Å². The van der Waals surface area contributed by atoms with Gasteiger partial charge in [-0.15, -0.1) is 0 Å². The van der Waals surface area contributed by atoms with Crippen molar-refractivity contribution in [2.24, 2.45) is 5.92 Å². The molecule has 0 aromatic carbocycles. The second-order valence-corrected chi connectivity index (χ2v) is 4.91. The van der Waals surface area contributed by atoms with Gasteiger partial charge in [0.1, 0.15) is 0 Å². The summed E-state index contributed by atoms with van der Waals surface area (Å²) in [6, 6.07) is 0.0970. The summed E-state index contributed by atoms with van der Waals surface area (Å²) in [5.74, 6) is 0.830. The van der Waals surface area contributed by atoms with E-state index in [1.54, 1.807) is 7.11 Å². The average molecular weight is 228 g/mol. The maximum Gasteiger partial charge on any atom is 0.234 e. The zero-order valence-electron chi connectivity index (χ0n) is 10.7. The molecule has 0 aromatic rings. The van der Waals surface area contributed by atoms with Crippen LogP contribution < -0.4 is 5.32 Å². The van der Waals surface area contributed by atoms with E-state index in [9.17, 15) is 4.79 Å². The number of hydrogen-bond acceptors (Lipinski definition) is 3. The Labute approximate surface area is 98.3 Å². The molecule has 0 radical (unpaired) electrons. The minimum Gasteiger partial charge on any atom is -0.383 e. The maximum absolute atomic E-state index is 11.7. The third kappa shape index (κ3) is 4.94. The van der Waals surface area contributed by atoms with E-state index in [4.69, 9.17) is 4.74 Å². The predicted octanol–water partition coefficient (Wildman–Crippen LogP) is 0.869. The van der Waals surface area contributed by atoms with Crippen molar-refractivity contribution < 1.29 is 9.53 Å². The summed E-state index contributed by atoms with van der Waals surface area (Å²) in [6.07, 6.45) is 2.50. The Hall–Kier alpha value is -0.610. The first-order valence-electron chi connectivity index (χ1n) is 6.12. The molecule has 2 unspecified atom stereocenters. The van der Waals surface area contributed by atoms with Crippen molar-refractivity contribution in [3.8, 4) is 0 Å². The standard InChI is InChI=1S/C12H24N2O2/c1-10-5-4-6-14(7-10)8-12(15)13-11(2)9-16-3/h10-11H,4-9H2,1-3H3,(H,13,15). The zero-order chi connectivity index (χ0) is 12.0. The van der Waals surface area contributed by atoms with Crippen LogP contribution in [0.2, 0.25) is 0 Å². The summed E-state index contributed by atoms with van der Waals surface area (Å²) in [4.78, 5) is 13.9. The molecule has 1 saturated heterocycles. The number of amides is 1. The molecule has 1 heterocycles. The van der Waals surface area contributed by atoms with Gasteiger partial charge in [0.15, 0.2) is 0 Å². The molecule has 0 spiro atoms. The van der Waals surface area contributed by atoms with Gasteiger partial charge in [-0.3, -0.25) is 9.69 Å².